The quantitative estimate of drug-likeness (QED) is 0.757. The molecule has 23 heavy (non-hydrogen) atoms. The number of nitrogens with zero attached hydrogens (tertiary/aromatic N) is 1. The van der Waals surface area contributed by atoms with Crippen molar-refractivity contribution in [1.29, 1.82) is 0 Å². The molecule has 3 heteroatoms. The molecule has 0 fully saturated rings. The average Bonchev–Trinajstić information content (AvgIpc) is 2.47. The van der Waals surface area contributed by atoms with Crippen molar-refractivity contribution in [3.05, 3.63) is 52.1 Å². The first-order valence-corrected chi connectivity index (χ1v) is 8.01. The van der Waals surface area contributed by atoms with Gasteiger partial charge in [0.05, 0.1) is 5.71 Å². The van der Waals surface area contributed by atoms with E-state index >= 15 is 0 Å². The van der Waals surface area contributed by atoms with Crippen LogP contribution in [-0.2, 0) is 0 Å². The molecule has 0 bridgehead atoms. The maximum absolute atomic E-state index is 10.4. The molecule has 122 valence electrons. The molecule has 3 nitrogen and oxygen atoms in total. The second kappa shape index (κ2) is 6.86. The molecule has 0 spiro atoms. The summed E-state index contributed by atoms with van der Waals surface area (Å²) in [5, 5.41) is 20.7. The second-order valence-corrected chi connectivity index (χ2v) is 6.24. The Morgan fingerprint density at radius 3 is 2.04 bits per heavy atom. The minimum absolute atomic E-state index is 0.202. The minimum atomic E-state index is 0.202. The molecule has 0 aromatic heterocycles. The number of benzene rings is 2. The van der Waals surface area contributed by atoms with E-state index in [1.807, 2.05) is 52.0 Å². The largest absolute Gasteiger partial charge is 0.507 e. The third-order valence-electron chi connectivity index (χ3n) is 3.92. The fraction of sp³-hybridized carbons (Fsp3) is 0.350. The van der Waals surface area contributed by atoms with Crippen LogP contribution < -0.4 is 0 Å². The van der Waals surface area contributed by atoms with E-state index in [0.717, 1.165) is 46.4 Å². The summed E-state index contributed by atoms with van der Waals surface area (Å²) in [6.45, 7) is 9.84. The first-order valence-electron chi connectivity index (χ1n) is 8.01. The molecule has 0 radical (unpaired) electrons. The van der Waals surface area contributed by atoms with E-state index < -0.39 is 0 Å². The van der Waals surface area contributed by atoms with Gasteiger partial charge in [0.15, 0.2) is 0 Å². The average molecular weight is 311 g/mol. The molecule has 0 saturated heterocycles. The van der Waals surface area contributed by atoms with E-state index in [1.165, 1.54) is 0 Å². The van der Waals surface area contributed by atoms with E-state index in [1.54, 1.807) is 0 Å². The summed E-state index contributed by atoms with van der Waals surface area (Å²) in [5.41, 5.74) is 5.91. The summed E-state index contributed by atoms with van der Waals surface area (Å²) in [6.07, 6.45) is 1.65. The van der Waals surface area contributed by atoms with E-state index in [0.29, 0.717) is 5.69 Å². The van der Waals surface area contributed by atoms with Crippen molar-refractivity contribution in [3.63, 3.8) is 0 Å². The lowest BCUT2D eigenvalue weighted by Gasteiger charge is -2.13. The molecule has 0 saturated carbocycles. The standard InChI is InChI=1S/C20H25NO2/c1-6-7-17(16-10-12(2)8-14(4)19(16)22)21-18-11-13(3)9-15(5)20(18)23/h8-11,22-23H,6-7H2,1-5H3. The summed E-state index contributed by atoms with van der Waals surface area (Å²) < 4.78 is 0. The van der Waals surface area contributed by atoms with Crippen LogP contribution in [0.15, 0.2) is 29.3 Å². The van der Waals surface area contributed by atoms with Crippen LogP contribution in [0.4, 0.5) is 5.69 Å². The third-order valence-corrected chi connectivity index (χ3v) is 3.92. The molecule has 0 amide bonds. The Kier molecular flexibility index (Phi) is 5.09. The second-order valence-electron chi connectivity index (χ2n) is 6.24. The molecule has 0 heterocycles. The third kappa shape index (κ3) is 3.73. The van der Waals surface area contributed by atoms with E-state index in [9.17, 15) is 10.2 Å². The Labute approximate surface area is 138 Å². The van der Waals surface area contributed by atoms with Crippen molar-refractivity contribution in [3.8, 4) is 11.5 Å². The van der Waals surface area contributed by atoms with Gasteiger partial charge in [-0.25, -0.2) is 4.99 Å². The van der Waals surface area contributed by atoms with E-state index in [4.69, 9.17) is 0 Å². The lowest BCUT2D eigenvalue weighted by molar-refractivity contribution is 0.469. The van der Waals surface area contributed by atoms with Crippen LogP contribution in [0.2, 0.25) is 0 Å². The smallest absolute Gasteiger partial charge is 0.144 e. The van der Waals surface area contributed by atoms with Crippen LogP contribution in [0.5, 0.6) is 11.5 Å². The zero-order valence-electron chi connectivity index (χ0n) is 14.6. The molecule has 0 unspecified atom stereocenters. The van der Waals surface area contributed by atoms with E-state index in [-0.39, 0.29) is 11.5 Å². The lowest BCUT2D eigenvalue weighted by atomic mass is 9.99. The molecule has 2 aromatic carbocycles. The van der Waals surface area contributed by atoms with Crippen LogP contribution in [-0.4, -0.2) is 15.9 Å². The number of aromatic hydroxyl groups is 2. The molecule has 2 N–H and O–H groups in total. The number of aryl methyl sites for hydroxylation is 4. The van der Waals surface area contributed by atoms with Gasteiger partial charge in [0.2, 0.25) is 0 Å². The van der Waals surface area contributed by atoms with Crippen molar-refractivity contribution in [2.75, 3.05) is 0 Å². The highest BCUT2D eigenvalue weighted by Crippen LogP contribution is 2.34. The SMILES string of the molecule is CCCC(=Nc1cc(C)cc(C)c1O)c1cc(C)cc(C)c1O. The van der Waals surface area contributed by atoms with Crippen LogP contribution in [0.3, 0.4) is 0 Å². The van der Waals surface area contributed by atoms with Crippen molar-refractivity contribution in [2.24, 2.45) is 4.99 Å². The van der Waals surface area contributed by atoms with Gasteiger partial charge in [-0.05, 0) is 68.5 Å². The number of hydrogen-bond donors (Lipinski definition) is 2. The molecule has 2 rings (SSSR count). The maximum atomic E-state index is 10.4. The Hall–Kier alpha value is -2.29. The lowest BCUT2D eigenvalue weighted by Crippen LogP contribution is -2.02. The Balaban J connectivity index is 2.64. The summed E-state index contributed by atoms with van der Waals surface area (Å²) in [5.74, 6) is 0.472. The maximum Gasteiger partial charge on any atom is 0.144 e. The number of hydrogen-bond acceptors (Lipinski definition) is 3. The number of phenolic OH excluding ortho intramolecular Hbond substituents is 2. The van der Waals surface area contributed by atoms with Gasteiger partial charge in [-0.1, -0.05) is 25.5 Å². The Bertz CT molecular complexity index is 761. The van der Waals surface area contributed by atoms with Crippen molar-refractivity contribution < 1.29 is 10.2 Å². The highest BCUT2D eigenvalue weighted by molar-refractivity contribution is 6.04. The zero-order valence-corrected chi connectivity index (χ0v) is 14.6. The summed E-state index contributed by atoms with van der Waals surface area (Å²) in [7, 11) is 0. The fourth-order valence-corrected chi connectivity index (χ4v) is 2.84. The van der Waals surface area contributed by atoms with Crippen molar-refractivity contribution in [1.82, 2.24) is 0 Å². The first kappa shape index (κ1) is 17.1. The molecule has 0 aliphatic rings. The van der Waals surface area contributed by atoms with Gasteiger partial charge in [0.1, 0.15) is 17.2 Å². The van der Waals surface area contributed by atoms with Crippen LogP contribution in [0, 0.1) is 27.7 Å². The monoisotopic (exact) mass is 311 g/mol. The van der Waals surface area contributed by atoms with E-state index in [2.05, 4.69) is 11.9 Å². The van der Waals surface area contributed by atoms with Gasteiger partial charge in [-0.3, -0.25) is 0 Å². The number of rotatable bonds is 4. The summed E-state index contributed by atoms with van der Waals surface area (Å²) in [6, 6.07) is 7.72. The van der Waals surface area contributed by atoms with Crippen LogP contribution in [0.25, 0.3) is 0 Å². The highest BCUT2D eigenvalue weighted by Gasteiger charge is 2.13. The predicted molar refractivity (Wildman–Crippen MR) is 96.3 cm³/mol. The number of aliphatic imine (C=N–C) groups is 1. The van der Waals surface area contributed by atoms with Gasteiger partial charge in [-0.15, -0.1) is 0 Å². The Morgan fingerprint density at radius 2 is 1.43 bits per heavy atom. The normalized spacial score (nSPS) is 11.8. The molecular formula is C20H25NO2. The number of phenols is 2. The first-order chi connectivity index (χ1) is 10.8. The molecular weight excluding hydrogens is 286 g/mol. The van der Waals surface area contributed by atoms with Gasteiger partial charge in [0, 0.05) is 5.56 Å². The Morgan fingerprint density at radius 1 is 0.870 bits per heavy atom. The van der Waals surface area contributed by atoms with Crippen molar-refractivity contribution in [2.45, 2.75) is 47.5 Å². The molecule has 2 aromatic rings. The van der Waals surface area contributed by atoms with Gasteiger partial charge >= 0.3 is 0 Å². The fourth-order valence-electron chi connectivity index (χ4n) is 2.84. The van der Waals surface area contributed by atoms with Gasteiger partial charge in [-0.2, -0.15) is 0 Å². The summed E-state index contributed by atoms with van der Waals surface area (Å²) >= 11 is 0. The molecule has 0 aliphatic carbocycles. The van der Waals surface area contributed by atoms with Crippen LogP contribution >= 0.6 is 0 Å². The van der Waals surface area contributed by atoms with Gasteiger partial charge < -0.3 is 10.2 Å². The topological polar surface area (TPSA) is 52.8 Å². The van der Waals surface area contributed by atoms with Crippen molar-refractivity contribution >= 4 is 11.4 Å². The molecule has 0 aliphatic heterocycles. The molecule has 0 atom stereocenters. The van der Waals surface area contributed by atoms with Gasteiger partial charge in [0.25, 0.3) is 0 Å². The van der Waals surface area contributed by atoms with Crippen LogP contribution in [0.1, 0.15) is 47.6 Å². The minimum Gasteiger partial charge on any atom is -0.507 e. The predicted octanol–water partition coefficient (Wildman–Crippen LogP) is 5.25. The summed E-state index contributed by atoms with van der Waals surface area (Å²) in [4.78, 5) is 4.69. The zero-order chi connectivity index (χ0) is 17.1. The highest BCUT2D eigenvalue weighted by atomic mass is 16.3.